The Morgan fingerprint density at radius 2 is 1.96 bits per heavy atom. The number of benzene rings is 1. The Morgan fingerprint density at radius 1 is 1.19 bits per heavy atom. The fourth-order valence-electron chi connectivity index (χ4n) is 7.54. The monoisotopic (exact) mass is 687 g/mol. The van der Waals surface area contributed by atoms with Gasteiger partial charge < -0.3 is 14.8 Å². The van der Waals surface area contributed by atoms with Gasteiger partial charge in [0.05, 0.1) is 30.7 Å². The highest BCUT2D eigenvalue weighted by Crippen LogP contribution is 2.44. The zero-order valence-electron chi connectivity index (χ0n) is 28.1. The number of amidine groups is 1. The minimum Gasteiger partial charge on any atom is -0.463 e. The lowest BCUT2D eigenvalue weighted by Crippen LogP contribution is -2.46. The summed E-state index contributed by atoms with van der Waals surface area (Å²) in [4.78, 5) is 38.9. The Bertz CT molecular complexity index is 1580. The molecule has 0 bridgehead atoms. The highest BCUT2D eigenvalue weighted by atomic mass is 32.1. The van der Waals surface area contributed by atoms with Crippen molar-refractivity contribution in [1.29, 1.82) is 0 Å². The zero-order chi connectivity index (χ0) is 34.4. The number of aromatic nitrogens is 1. The number of rotatable bonds is 10. The Balaban J connectivity index is 1.22. The van der Waals surface area contributed by atoms with Crippen molar-refractivity contribution in [2.24, 2.45) is 16.8 Å². The smallest absolute Gasteiger partial charge is 0.338 e. The van der Waals surface area contributed by atoms with Crippen LogP contribution in [0.3, 0.4) is 0 Å². The van der Waals surface area contributed by atoms with Gasteiger partial charge in [-0.3, -0.25) is 19.6 Å². The maximum Gasteiger partial charge on any atom is 0.338 e. The summed E-state index contributed by atoms with van der Waals surface area (Å²) >= 11 is 1.35. The Kier molecular flexibility index (Phi) is 9.76. The molecule has 6 rings (SSSR count). The first-order valence-electron chi connectivity index (χ1n) is 16.7. The number of halogens is 3. The molecular formula is C35H44F3N5O4S. The normalized spacial score (nSPS) is 27.2. The first-order chi connectivity index (χ1) is 22.8. The van der Waals surface area contributed by atoms with Crippen molar-refractivity contribution in [1.82, 2.24) is 20.1 Å². The fourth-order valence-corrected chi connectivity index (χ4v) is 8.13. The van der Waals surface area contributed by atoms with E-state index in [1.54, 1.807) is 42.5 Å². The van der Waals surface area contributed by atoms with Gasteiger partial charge in [0, 0.05) is 36.4 Å². The van der Waals surface area contributed by atoms with Crippen LogP contribution in [0.2, 0.25) is 0 Å². The predicted octanol–water partition coefficient (Wildman–Crippen LogP) is 5.65. The van der Waals surface area contributed by atoms with Gasteiger partial charge in [-0.15, -0.1) is 11.3 Å². The molecule has 2 aromatic rings. The summed E-state index contributed by atoms with van der Waals surface area (Å²) in [5.41, 5.74) is 0.891. The average Bonchev–Trinajstić information content (AvgIpc) is 3.72. The molecule has 4 aliphatic rings. The molecule has 13 heteroatoms. The van der Waals surface area contributed by atoms with Crippen LogP contribution < -0.4 is 5.32 Å². The van der Waals surface area contributed by atoms with Crippen molar-refractivity contribution in [3.05, 3.63) is 63.0 Å². The van der Waals surface area contributed by atoms with E-state index in [0.29, 0.717) is 53.1 Å². The van der Waals surface area contributed by atoms with Gasteiger partial charge in [-0.05, 0) is 90.0 Å². The molecule has 48 heavy (non-hydrogen) atoms. The Hall–Kier alpha value is -3.29. The van der Waals surface area contributed by atoms with Crippen LogP contribution in [0.4, 0.5) is 13.2 Å². The second kappa shape index (κ2) is 13.5. The molecule has 3 aliphatic heterocycles. The van der Waals surface area contributed by atoms with Gasteiger partial charge in [-0.1, -0.05) is 12.1 Å². The third-order valence-electron chi connectivity index (χ3n) is 9.81. The van der Waals surface area contributed by atoms with Crippen molar-refractivity contribution < 1.29 is 32.2 Å². The van der Waals surface area contributed by atoms with Crippen LogP contribution in [0.5, 0.6) is 0 Å². The SMILES string of the molecule is CCOC(=O)C1=C(CN2CC(F)(F)[C@H]3[C@@H]2CCN3CCC2CC(C(=O)OC(C)(C)C)C2)NC(c2nccs2)=N[C@H]1c1cccc(F)c1C. The topological polar surface area (TPSA) is 96.4 Å². The minimum absolute atomic E-state index is 0.0359. The maximum absolute atomic E-state index is 15.9. The lowest BCUT2D eigenvalue weighted by atomic mass is 9.73. The van der Waals surface area contributed by atoms with Crippen molar-refractivity contribution in [2.45, 2.75) is 90.0 Å². The number of carbonyl (C=O) groups is 2. The summed E-state index contributed by atoms with van der Waals surface area (Å²) in [5, 5.41) is 5.62. The molecule has 1 N–H and O–H groups in total. The summed E-state index contributed by atoms with van der Waals surface area (Å²) in [7, 11) is 0. The van der Waals surface area contributed by atoms with Gasteiger partial charge in [0.15, 0.2) is 10.8 Å². The fraction of sp³-hybridized carbons (Fsp3) is 0.600. The van der Waals surface area contributed by atoms with Gasteiger partial charge in [-0.2, -0.15) is 0 Å². The number of nitrogens with one attached hydrogen (secondary N) is 1. The zero-order valence-corrected chi connectivity index (χ0v) is 28.9. The molecule has 2 saturated heterocycles. The number of hydrogen-bond acceptors (Lipinski definition) is 10. The van der Waals surface area contributed by atoms with E-state index in [4.69, 9.17) is 14.5 Å². The first-order valence-corrected chi connectivity index (χ1v) is 17.6. The molecule has 0 radical (unpaired) electrons. The molecule has 0 unspecified atom stereocenters. The summed E-state index contributed by atoms with van der Waals surface area (Å²) in [6.45, 7) is 9.64. The largest absolute Gasteiger partial charge is 0.463 e. The molecule has 1 saturated carbocycles. The van der Waals surface area contributed by atoms with E-state index in [2.05, 4.69) is 10.3 Å². The van der Waals surface area contributed by atoms with Crippen LogP contribution in [0.25, 0.3) is 0 Å². The Labute approximate surface area is 283 Å². The summed E-state index contributed by atoms with van der Waals surface area (Å²) in [5.74, 6) is -3.63. The second-order valence-electron chi connectivity index (χ2n) is 14.3. The molecule has 1 aromatic carbocycles. The van der Waals surface area contributed by atoms with Crippen molar-refractivity contribution in [2.75, 3.05) is 32.8 Å². The first kappa shape index (κ1) is 34.6. The number of carbonyl (C=O) groups excluding carboxylic acids is 2. The number of likely N-dealkylation sites (tertiary alicyclic amines) is 2. The molecule has 4 heterocycles. The van der Waals surface area contributed by atoms with Gasteiger partial charge in [0.2, 0.25) is 0 Å². The molecule has 3 atom stereocenters. The lowest BCUT2D eigenvalue weighted by molar-refractivity contribution is -0.165. The predicted molar refractivity (Wildman–Crippen MR) is 176 cm³/mol. The number of ether oxygens (including phenoxy) is 2. The average molecular weight is 688 g/mol. The third-order valence-corrected chi connectivity index (χ3v) is 10.6. The van der Waals surface area contributed by atoms with Crippen LogP contribution in [0.15, 0.2) is 46.0 Å². The van der Waals surface area contributed by atoms with E-state index in [9.17, 15) is 14.0 Å². The van der Waals surface area contributed by atoms with Crippen LogP contribution in [-0.4, -0.2) is 89.0 Å². The lowest BCUT2D eigenvalue weighted by Gasteiger charge is -2.37. The van der Waals surface area contributed by atoms with Crippen LogP contribution >= 0.6 is 11.3 Å². The summed E-state index contributed by atoms with van der Waals surface area (Å²) in [6.07, 6.45) is 4.40. The minimum atomic E-state index is -2.97. The molecule has 260 valence electrons. The van der Waals surface area contributed by atoms with Gasteiger partial charge >= 0.3 is 11.9 Å². The number of esters is 2. The maximum atomic E-state index is 15.9. The third kappa shape index (κ3) is 7.04. The van der Waals surface area contributed by atoms with E-state index in [1.165, 1.54) is 17.4 Å². The van der Waals surface area contributed by atoms with Crippen LogP contribution in [0.1, 0.15) is 75.6 Å². The molecule has 9 nitrogen and oxygen atoms in total. The molecule has 1 aromatic heterocycles. The van der Waals surface area contributed by atoms with Crippen molar-refractivity contribution in [3.63, 3.8) is 0 Å². The van der Waals surface area contributed by atoms with Gasteiger partial charge in [-0.25, -0.2) is 22.9 Å². The van der Waals surface area contributed by atoms with Gasteiger partial charge in [0.25, 0.3) is 5.92 Å². The quantitative estimate of drug-likeness (QED) is 0.321. The number of alkyl halides is 2. The molecule has 0 spiro atoms. The van der Waals surface area contributed by atoms with Crippen LogP contribution in [0, 0.1) is 24.6 Å². The molecule has 1 aliphatic carbocycles. The summed E-state index contributed by atoms with van der Waals surface area (Å²) < 4.78 is 57.5. The molecular weight excluding hydrogens is 643 g/mol. The standard InChI is InChI=1S/C35H44F3N5O4S/c1-6-46-33(45)27-25(40-30(31-39-12-15-48-31)41-28(27)23-8-7-9-24(36)20(23)2)18-43-19-35(37,38)29-26(43)11-14-42(29)13-10-21-16-22(17-21)32(44)47-34(3,4)5/h7-9,12,15,21-22,26,28-29H,6,10-11,13-14,16-19H2,1-5H3,(H,40,41)/t21?,22?,26-,28-,29+/m0/s1. The van der Waals surface area contributed by atoms with E-state index in [1.807, 2.05) is 25.7 Å². The van der Waals surface area contributed by atoms with Crippen molar-refractivity contribution in [3.8, 4) is 0 Å². The highest BCUT2D eigenvalue weighted by Gasteiger charge is 2.59. The van der Waals surface area contributed by atoms with E-state index in [0.717, 1.165) is 19.3 Å². The van der Waals surface area contributed by atoms with Crippen molar-refractivity contribution >= 4 is 29.1 Å². The van der Waals surface area contributed by atoms with E-state index < -0.39 is 48.0 Å². The van der Waals surface area contributed by atoms with Crippen LogP contribution in [-0.2, 0) is 19.1 Å². The number of aliphatic imine (C=N–C) groups is 1. The van der Waals surface area contributed by atoms with E-state index >= 15 is 8.78 Å². The second-order valence-corrected chi connectivity index (χ2v) is 15.2. The van der Waals surface area contributed by atoms with Gasteiger partial charge in [0.1, 0.15) is 17.5 Å². The number of hydrogen-bond donors (Lipinski definition) is 1. The number of thiazole rings is 1. The number of fused-ring (bicyclic) bond motifs is 1. The highest BCUT2D eigenvalue weighted by molar-refractivity contribution is 7.11. The summed E-state index contributed by atoms with van der Waals surface area (Å²) in [6, 6.07) is 2.35. The Morgan fingerprint density at radius 3 is 2.65 bits per heavy atom. The molecule has 3 fully saturated rings. The molecule has 0 amide bonds. The van der Waals surface area contributed by atoms with E-state index in [-0.39, 0.29) is 30.6 Å². The number of nitrogens with zero attached hydrogens (tertiary/aromatic N) is 4.